The van der Waals surface area contributed by atoms with Crippen LogP contribution in [0.1, 0.15) is 48.9 Å². The second-order valence-corrected chi connectivity index (χ2v) is 9.65. The third-order valence-corrected chi connectivity index (χ3v) is 6.21. The fourth-order valence-electron chi connectivity index (χ4n) is 4.00. The molecule has 2 atom stereocenters. The van der Waals surface area contributed by atoms with Crippen LogP contribution >= 0.6 is 0 Å². The number of nitrogens with zero attached hydrogens (tertiary/aromatic N) is 3. The van der Waals surface area contributed by atoms with Crippen molar-refractivity contribution in [3.8, 4) is 17.7 Å². The van der Waals surface area contributed by atoms with E-state index in [-0.39, 0.29) is 24.9 Å². The Labute approximate surface area is 230 Å². The Balaban J connectivity index is 1.77. The quantitative estimate of drug-likeness (QED) is 0.223. The van der Waals surface area contributed by atoms with Gasteiger partial charge in [0.1, 0.15) is 18.9 Å². The van der Waals surface area contributed by atoms with Crippen LogP contribution in [0.25, 0.3) is 0 Å². The van der Waals surface area contributed by atoms with E-state index in [0.29, 0.717) is 23.9 Å². The topological polar surface area (TPSA) is 114 Å². The minimum absolute atomic E-state index is 0.0469. The Morgan fingerprint density at radius 3 is 2.45 bits per heavy atom. The Morgan fingerprint density at radius 2 is 1.85 bits per heavy atom. The lowest BCUT2D eigenvalue weighted by molar-refractivity contribution is -0.138. The van der Waals surface area contributed by atoms with Gasteiger partial charge in [0.25, 0.3) is 5.91 Å². The van der Waals surface area contributed by atoms with Crippen molar-refractivity contribution in [1.29, 1.82) is 5.26 Å². The Kier molecular flexibility index (Phi) is 9.82. The number of benzene rings is 2. The summed E-state index contributed by atoms with van der Waals surface area (Å²) in [6.07, 6.45) is -3.37. The van der Waals surface area contributed by atoms with Crippen LogP contribution in [0, 0.1) is 16.2 Å². The van der Waals surface area contributed by atoms with Crippen LogP contribution in [0.4, 0.5) is 13.2 Å². The van der Waals surface area contributed by atoms with E-state index in [1.165, 1.54) is 13.8 Å². The highest BCUT2D eigenvalue weighted by Gasteiger charge is 2.34. The maximum atomic E-state index is 13.2. The second kappa shape index (κ2) is 13.1. The summed E-state index contributed by atoms with van der Waals surface area (Å²) in [4.78, 5) is 27.2. The number of carbonyl (C=O) groups is 1. The molecule has 8 nitrogen and oxygen atoms in total. The first-order valence-corrected chi connectivity index (χ1v) is 12.5. The number of hydrogen-bond donors (Lipinski definition) is 1. The molecule has 40 heavy (non-hydrogen) atoms. The predicted octanol–water partition coefficient (Wildman–Crippen LogP) is 5.81. The van der Waals surface area contributed by atoms with Gasteiger partial charge < -0.3 is 14.8 Å². The lowest BCUT2D eigenvalue weighted by Crippen LogP contribution is -2.51. The summed E-state index contributed by atoms with van der Waals surface area (Å²) in [7, 11) is 0. The lowest BCUT2D eigenvalue weighted by Gasteiger charge is -2.30. The van der Waals surface area contributed by atoms with Crippen molar-refractivity contribution in [1.82, 2.24) is 10.3 Å². The fraction of sp³-hybridized carbons (Fsp3) is 0.345. The maximum absolute atomic E-state index is 13.2. The molecule has 0 radical (unpaired) electrons. The molecule has 2 aromatic carbocycles. The SMILES string of the molecule is CC(NC(=O)C(C)(C)Oc1ccc(C(F)(F)F)cn1)C(Cc1ccc(OCCN=O)cc1)c1cccc(C#N)c1. The Bertz CT molecular complexity index is 1340. The van der Waals surface area contributed by atoms with E-state index in [4.69, 9.17) is 9.47 Å². The number of aromatic nitrogens is 1. The van der Waals surface area contributed by atoms with Crippen LogP contribution in [0.3, 0.4) is 0 Å². The summed E-state index contributed by atoms with van der Waals surface area (Å²) < 4.78 is 49.7. The number of amides is 1. The van der Waals surface area contributed by atoms with Gasteiger partial charge in [0.15, 0.2) is 5.60 Å². The van der Waals surface area contributed by atoms with E-state index in [1.54, 1.807) is 30.3 Å². The molecule has 0 saturated heterocycles. The predicted molar refractivity (Wildman–Crippen MR) is 142 cm³/mol. The number of carbonyl (C=O) groups excluding carboxylic acids is 1. The van der Waals surface area contributed by atoms with Gasteiger partial charge in [0.05, 0.1) is 17.2 Å². The Morgan fingerprint density at radius 1 is 1.12 bits per heavy atom. The zero-order chi connectivity index (χ0) is 29.3. The molecule has 11 heteroatoms. The first kappa shape index (κ1) is 30.1. The number of hydrogen-bond acceptors (Lipinski definition) is 7. The number of halogens is 3. The van der Waals surface area contributed by atoms with Crippen molar-refractivity contribution in [3.05, 3.63) is 94.0 Å². The molecule has 210 valence electrons. The van der Waals surface area contributed by atoms with Crippen LogP contribution in [0.15, 0.2) is 72.0 Å². The third-order valence-electron chi connectivity index (χ3n) is 6.21. The van der Waals surface area contributed by atoms with Crippen molar-refractivity contribution >= 4 is 5.91 Å². The molecule has 1 heterocycles. The van der Waals surface area contributed by atoms with Crippen LogP contribution in [0.2, 0.25) is 0 Å². The van der Waals surface area contributed by atoms with E-state index in [0.717, 1.165) is 23.3 Å². The summed E-state index contributed by atoms with van der Waals surface area (Å²) in [5.41, 5.74) is -0.109. The average Bonchev–Trinajstić information content (AvgIpc) is 2.92. The van der Waals surface area contributed by atoms with E-state index < -0.39 is 29.3 Å². The highest BCUT2D eigenvalue weighted by atomic mass is 19.4. The first-order valence-electron chi connectivity index (χ1n) is 12.5. The molecule has 0 bridgehead atoms. The van der Waals surface area contributed by atoms with Gasteiger partial charge in [0.2, 0.25) is 5.88 Å². The number of alkyl halides is 3. The van der Waals surface area contributed by atoms with Crippen LogP contribution in [-0.4, -0.2) is 35.7 Å². The molecule has 0 fully saturated rings. The van der Waals surface area contributed by atoms with Gasteiger partial charge in [-0.25, -0.2) is 4.98 Å². The number of nitroso groups, excluding NO2 is 1. The highest BCUT2D eigenvalue weighted by molar-refractivity contribution is 5.85. The first-order chi connectivity index (χ1) is 18.9. The van der Waals surface area contributed by atoms with Gasteiger partial charge in [-0.3, -0.25) is 4.79 Å². The molecule has 1 aromatic heterocycles. The van der Waals surface area contributed by atoms with Crippen LogP contribution in [-0.2, 0) is 17.4 Å². The third kappa shape index (κ3) is 8.27. The van der Waals surface area contributed by atoms with Crippen molar-refractivity contribution in [2.24, 2.45) is 5.18 Å². The van der Waals surface area contributed by atoms with Gasteiger partial charge in [-0.05, 0) is 68.7 Å². The lowest BCUT2D eigenvalue weighted by atomic mass is 9.85. The summed E-state index contributed by atoms with van der Waals surface area (Å²) in [6.45, 7) is 5.05. The van der Waals surface area contributed by atoms with Crippen molar-refractivity contribution in [3.63, 3.8) is 0 Å². The summed E-state index contributed by atoms with van der Waals surface area (Å²) in [5.74, 6) is -0.267. The molecule has 0 aliphatic carbocycles. The Hall–Kier alpha value is -4.46. The largest absolute Gasteiger partial charge is 0.492 e. The maximum Gasteiger partial charge on any atom is 0.417 e. The standard InChI is InChI=1S/C29H29F3N4O4/c1-19(36-27(37)28(2,3)40-26-12-9-23(18-34-26)29(30,31)32)25(22-6-4-5-21(15-22)17-33)16-20-7-10-24(11-8-20)39-14-13-35-38/h4-12,15,18-19,25H,13-14,16H2,1-3H3,(H,36,37). The summed E-state index contributed by atoms with van der Waals surface area (Å²) in [5, 5.41) is 15.1. The molecule has 3 rings (SSSR count). The molecule has 3 aromatic rings. The minimum atomic E-state index is -4.53. The second-order valence-electron chi connectivity index (χ2n) is 9.65. The number of rotatable bonds is 12. The van der Waals surface area contributed by atoms with E-state index in [2.05, 4.69) is 21.5 Å². The van der Waals surface area contributed by atoms with E-state index in [1.807, 2.05) is 25.1 Å². The molecule has 1 N–H and O–H groups in total. The highest BCUT2D eigenvalue weighted by Crippen LogP contribution is 2.30. The van der Waals surface area contributed by atoms with Gasteiger partial charge in [-0.15, -0.1) is 0 Å². The van der Waals surface area contributed by atoms with Crippen LogP contribution in [0.5, 0.6) is 11.6 Å². The molecule has 0 spiro atoms. The summed E-state index contributed by atoms with van der Waals surface area (Å²) >= 11 is 0. The van der Waals surface area contributed by atoms with Crippen molar-refractivity contribution in [2.75, 3.05) is 13.2 Å². The average molecular weight is 555 g/mol. The minimum Gasteiger partial charge on any atom is -0.492 e. The number of ether oxygens (including phenoxy) is 2. The van der Waals surface area contributed by atoms with Crippen LogP contribution < -0.4 is 14.8 Å². The molecule has 2 unspecified atom stereocenters. The smallest absolute Gasteiger partial charge is 0.417 e. The normalized spacial score (nSPS) is 13.0. The number of nitriles is 1. The molecule has 0 aliphatic rings. The van der Waals surface area contributed by atoms with Crippen molar-refractivity contribution < 1.29 is 27.4 Å². The zero-order valence-electron chi connectivity index (χ0n) is 22.2. The molecular weight excluding hydrogens is 525 g/mol. The zero-order valence-corrected chi connectivity index (χ0v) is 22.2. The molecule has 1 amide bonds. The van der Waals surface area contributed by atoms with Crippen molar-refractivity contribution in [2.45, 2.75) is 50.9 Å². The number of pyridine rings is 1. The van der Waals surface area contributed by atoms with Gasteiger partial charge in [-0.1, -0.05) is 29.4 Å². The monoisotopic (exact) mass is 554 g/mol. The van der Waals surface area contributed by atoms with Gasteiger partial charge >= 0.3 is 6.18 Å². The van der Waals surface area contributed by atoms with Gasteiger partial charge in [-0.2, -0.15) is 23.3 Å². The molecule has 0 aliphatic heterocycles. The summed E-state index contributed by atoms with van der Waals surface area (Å²) in [6, 6.07) is 18.0. The van der Waals surface area contributed by atoms with E-state index in [9.17, 15) is 28.1 Å². The molecule has 0 saturated carbocycles. The molecular formula is C29H29F3N4O4. The van der Waals surface area contributed by atoms with E-state index >= 15 is 0 Å². The fourth-order valence-corrected chi connectivity index (χ4v) is 4.00. The van der Waals surface area contributed by atoms with Gasteiger partial charge in [0, 0.05) is 24.2 Å². The number of nitrogens with one attached hydrogen (secondary N) is 1.